The Morgan fingerprint density at radius 1 is 0.654 bits per heavy atom. The maximum absolute atomic E-state index is 4.97. The van der Waals surface area contributed by atoms with Gasteiger partial charge in [0.25, 0.3) is 0 Å². The van der Waals surface area contributed by atoms with Gasteiger partial charge in [0.1, 0.15) is 0 Å². The summed E-state index contributed by atoms with van der Waals surface area (Å²) in [5, 5.41) is 3.64. The molecule has 4 heteroatoms. The minimum atomic E-state index is 0.721. The summed E-state index contributed by atoms with van der Waals surface area (Å²) >= 11 is 1.74. The first-order valence-corrected chi connectivity index (χ1v) is 9.35. The first kappa shape index (κ1) is 14.0. The molecular formula is C22H13N3S. The van der Waals surface area contributed by atoms with Crippen molar-refractivity contribution in [3.05, 3.63) is 79.0 Å². The Morgan fingerprint density at radius 3 is 2.00 bits per heavy atom. The zero-order valence-corrected chi connectivity index (χ0v) is 14.6. The second-order valence-electron chi connectivity index (χ2n) is 6.35. The molecule has 0 aliphatic heterocycles. The van der Waals surface area contributed by atoms with Gasteiger partial charge in [-0.3, -0.25) is 4.57 Å². The summed E-state index contributed by atoms with van der Waals surface area (Å²) in [7, 11) is 0. The van der Waals surface area contributed by atoms with Crippen LogP contribution in [0.2, 0.25) is 0 Å². The van der Waals surface area contributed by atoms with E-state index in [1.54, 1.807) is 11.3 Å². The smallest absolute Gasteiger partial charge is 0.235 e. The van der Waals surface area contributed by atoms with Crippen molar-refractivity contribution in [2.75, 3.05) is 0 Å². The lowest BCUT2D eigenvalue weighted by atomic mass is 10.2. The molecule has 26 heavy (non-hydrogen) atoms. The lowest BCUT2D eigenvalue weighted by Gasteiger charge is -2.05. The summed E-state index contributed by atoms with van der Waals surface area (Å²) in [4.78, 5) is 9.68. The zero-order valence-electron chi connectivity index (χ0n) is 13.8. The van der Waals surface area contributed by atoms with Gasteiger partial charge in [0.05, 0.1) is 27.4 Å². The van der Waals surface area contributed by atoms with Gasteiger partial charge in [-0.1, -0.05) is 54.6 Å². The van der Waals surface area contributed by atoms with Crippen LogP contribution in [0.1, 0.15) is 0 Å². The molecule has 0 radical (unpaired) electrons. The van der Waals surface area contributed by atoms with Crippen LogP contribution in [0.3, 0.4) is 0 Å². The molecule has 0 saturated heterocycles. The molecule has 0 amide bonds. The molecule has 3 aromatic heterocycles. The third kappa shape index (κ3) is 1.82. The summed E-state index contributed by atoms with van der Waals surface area (Å²) in [6, 6.07) is 25.3. The quantitative estimate of drug-likeness (QED) is 0.367. The molecule has 6 aromatic rings. The normalized spacial score (nSPS) is 11.8. The molecule has 0 saturated carbocycles. The van der Waals surface area contributed by atoms with Crippen LogP contribution in [-0.2, 0) is 0 Å². The Hall–Kier alpha value is -3.24. The summed E-state index contributed by atoms with van der Waals surface area (Å²) in [6.45, 7) is 0. The van der Waals surface area contributed by atoms with Crippen LogP contribution < -0.4 is 0 Å². The summed E-state index contributed by atoms with van der Waals surface area (Å²) in [5.41, 5.74) is 3.29. The molecule has 0 fully saturated rings. The topological polar surface area (TPSA) is 30.7 Å². The van der Waals surface area contributed by atoms with Crippen LogP contribution in [0.15, 0.2) is 79.0 Å². The molecule has 0 aliphatic rings. The number of fused-ring (bicyclic) bond motifs is 6. The van der Waals surface area contributed by atoms with Crippen molar-refractivity contribution >= 4 is 53.4 Å². The Balaban J connectivity index is 1.76. The molecule has 0 N–H and O–H groups in total. The Labute approximate surface area is 153 Å². The van der Waals surface area contributed by atoms with Gasteiger partial charge in [-0.05, 0) is 18.2 Å². The highest BCUT2D eigenvalue weighted by Gasteiger charge is 2.15. The fraction of sp³-hybridized carbons (Fsp3) is 0. The second-order valence-corrected chi connectivity index (χ2v) is 7.43. The standard InChI is InChI=1S/C22H13N3S/c1-4-10-17-14(7-1)15-8-2-5-11-18(15)25(17)22-23-13-20-21(24-22)16-9-3-6-12-19(16)26-20/h1-13H. The number of thiophene rings is 1. The maximum atomic E-state index is 4.97. The highest BCUT2D eigenvalue weighted by Crippen LogP contribution is 2.34. The third-order valence-corrected chi connectivity index (χ3v) is 5.98. The number of para-hydroxylation sites is 2. The molecule has 0 atom stereocenters. The molecule has 0 bridgehead atoms. The van der Waals surface area contributed by atoms with E-state index in [-0.39, 0.29) is 0 Å². The molecule has 0 spiro atoms. The van der Waals surface area contributed by atoms with Crippen molar-refractivity contribution in [1.29, 1.82) is 0 Å². The lowest BCUT2D eigenvalue weighted by Crippen LogP contribution is -2.00. The highest BCUT2D eigenvalue weighted by atomic mass is 32.1. The molecule has 3 aromatic carbocycles. The summed E-state index contributed by atoms with van der Waals surface area (Å²) in [5.74, 6) is 0.721. The minimum Gasteiger partial charge on any atom is -0.278 e. The number of nitrogens with zero attached hydrogens (tertiary/aromatic N) is 3. The Kier molecular flexibility index (Phi) is 2.76. The fourth-order valence-corrected chi connectivity index (χ4v) is 4.76. The SMILES string of the molecule is c1ccc2c(c1)sc1cnc(-n3c4ccccc4c4ccccc43)nc12. The largest absolute Gasteiger partial charge is 0.278 e. The van der Waals surface area contributed by atoms with Gasteiger partial charge in [-0.25, -0.2) is 9.97 Å². The number of benzene rings is 3. The van der Waals surface area contributed by atoms with Crippen LogP contribution in [0, 0.1) is 0 Å². The van der Waals surface area contributed by atoms with Crippen LogP contribution in [0.4, 0.5) is 0 Å². The number of aromatic nitrogens is 3. The molecule has 0 unspecified atom stereocenters. The van der Waals surface area contributed by atoms with Crippen LogP contribution >= 0.6 is 11.3 Å². The van der Waals surface area contributed by atoms with Crippen molar-refractivity contribution < 1.29 is 0 Å². The number of hydrogen-bond donors (Lipinski definition) is 0. The van der Waals surface area contributed by atoms with Gasteiger partial charge in [-0.2, -0.15) is 0 Å². The van der Waals surface area contributed by atoms with E-state index in [4.69, 9.17) is 9.97 Å². The third-order valence-electron chi connectivity index (χ3n) is 4.88. The predicted molar refractivity (Wildman–Crippen MR) is 109 cm³/mol. The van der Waals surface area contributed by atoms with Crippen molar-refractivity contribution in [2.24, 2.45) is 0 Å². The van der Waals surface area contributed by atoms with E-state index < -0.39 is 0 Å². The van der Waals surface area contributed by atoms with Gasteiger partial charge < -0.3 is 0 Å². The van der Waals surface area contributed by atoms with E-state index in [1.165, 1.54) is 20.9 Å². The van der Waals surface area contributed by atoms with E-state index in [9.17, 15) is 0 Å². The molecule has 0 aliphatic carbocycles. The van der Waals surface area contributed by atoms with Gasteiger partial charge in [0.15, 0.2) is 0 Å². The number of rotatable bonds is 1. The first-order valence-electron chi connectivity index (χ1n) is 8.53. The predicted octanol–water partition coefficient (Wildman–Crippen LogP) is 5.94. The Bertz CT molecular complexity index is 1390. The molecule has 3 heterocycles. The van der Waals surface area contributed by atoms with E-state index in [0.29, 0.717) is 0 Å². The molecule has 3 nitrogen and oxygen atoms in total. The van der Waals surface area contributed by atoms with Crippen molar-refractivity contribution in [2.45, 2.75) is 0 Å². The van der Waals surface area contributed by atoms with Gasteiger partial charge in [0.2, 0.25) is 5.95 Å². The molecule has 6 rings (SSSR count). The highest BCUT2D eigenvalue weighted by molar-refractivity contribution is 7.25. The van der Waals surface area contributed by atoms with Crippen molar-refractivity contribution in [1.82, 2.24) is 14.5 Å². The Morgan fingerprint density at radius 2 is 1.27 bits per heavy atom. The van der Waals surface area contributed by atoms with Gasteiger partial charge in [0, 0.05) is 20.9 Å². The minimum absolute atomic E-state index is 0.721. The van der Waals surface area contributed by atoms with E-state index >= 15 is 0 Å². The summed E-state index contributed by atoms with van der Waals surface area (Å²) < 4.78 is 4.53. The lowest BCUT2D eigenvalue weighted by molar-refractivity contribution is 1.01. The van der Waals surface area contributed by atoms with Crippen LogP contribution in [0.5, 0.6) is 0 Å². The van der Waals surface area contributed by atoms with Crippen LogP contribution in [0.25, 0.3) is 48.1 Å². The van der Waals surface area contributed by atoms with Gasteiger partial charge in [-0.15, -0.1) is 11.3 Å². The van der Waals surface area contributed by atoms with Crippen molar-refractivity contribution in [3.63, 3.8) is 0 Å². The average Bonchev–Trinajstić information content (AvgIpc) is 3.23. The molecular weight excluding hydrogens is 338 g/mol. The fourth-order valence-electron chi connectivity index (χ4n) is 3.74. The first-order chi connectivity index (χ1) is 12.9. The van der Waals surface area contributed by atoms with E-state index in [1.807, 2.05) is 6.20 Å². The number of hydrogen-bond acceptors (Lipinski definition) is 3. The average molecular weight is 351 g/mol. The van der Waals surface area contributed by atoms with Crippen LogP contribution in [-0.4, -0.2) is 14.5 Å². The maximum Gasteiger partial charge on any atom is 0.235 e. The zero-order chi connectivity index (χ0) is 17.1. The van der Waals surface area contributed by atoms with Gasteiger partial charge >= 0.3 is 0 Å². The van der Waals surface area contributed by atoms with E-state index in [2.05, 4.69) is 77.4 Å². The van der Waals surface area contributed by atoms with Crippen molar-refractivity contribution in [3.8, 4) is 5.95 Å². The monoisotopic (exact) mass is 351 g/mol. The van der Waals surface area contributed by atoms with E-state index in [0.717, 1.165) is 27.2 Å². The molecule has 122 valence electrons. The second kappa shape index (κ2) is 5.13. The summed E-state index contributed by atoms with van der Waals surface area (Å²) in [6.07, 6.45) is 1.95.